The van der Waals surface area contributed by atoms with E-state index in [9.17, 15) is 4.79 Å². The van der Waals surface area contributed by atoms with Crippen molar-refractivity contribution in [3.63, 3.8) is 0 Å². The third kappa shape index (κ3) is 2.79. The van der Waals surface area contributed by atoms with Gasteiger partial charge in [0.25, 0.3) is 5.91 Å². The largest absolute Gasteiger partial charge is 0.335 e. The van der Waals surface area contributed by atoms with Crippen molar-refractivity contribution in [3.05, 3.63) is 68.1 Å². The van der Waals surface area contributed by atoms with Crippen molar-refractivity contribution in [2.45, 2.75) is 18.9 Å². The maximum Gasteiger partial charge on any atom is 0.255 e. The first-order valence-electron chi connectivity index (χ1n) is 6.88. The van der Waals surface area contributed by atoms with Crippen LogP contribution >= 0.6 is 31.9 Å². The highest BCUT2D eigenvalue weighted by molar-refractivity contribution is 9.11. The number of benzene rings is 2. The van der Waals surface area contributed by atoms with Gasteiger partial charge in [0, 0.05) is 16.0 Å². The van der Waals surface area contributed by atoms with Gasteiger partial charge >= 0.3 is 0 Å². The maximum absolute atomic E-state index is 12.8. The van der Waals surface area contributed by atoms with Gasteiger partial charge in [-0.15, -0.1) is 0 Å². The van der Waals surface area contributed by atoms with Gasteiger partial charge < -0.3 is 4.90 Å². The van der Waals surface area contributed by atoms with Crippen LogP contribution in [0.3, 0.4) is 0 Å². The highest BCUT2D eigenvalue weighted by Gasteiger charge is 2.29. The fourth-order valence-electron chi connectivity index (χ4n) is 2.93. The number of amides is 1. The van der Waals surface area contributed by atoms with Crippen molar-refractivity contribution in [2.75, 3.05) is 7.05 Å². The van der Waals surface area contributed by atoms with E-state index in [-0.39, 0.29) is 11.9 Å². The number of nitrogens with zero attached hydrogens (tertiary/aromatic N) is 1. The standard InChI is InChI=1S/C17H15Br2NO/c1-20(16-9-6-11-4-2-3-5-13(11)16)17(21)14-8-7-12(18)10-15(14)19/h2-5,7-8,10,16H,6,9H2,1H3. The molecule has 0 saturated carbocycles. The minimum absolute atomic E-state index is 0.0519. The molecule has 2 aromatic rings. The van der Waals surface area contributed by atoms with E-state index < -0.39 is 0 Å². The molecule has 0 heterocycles. The summed E-state index contributed by atoms with van der Waals surface area (Å²) >= 11 is 6.89. The highest BCUT2D eigenvalue weighted by Crippen LogP contribution is 2.36. The van der Waals surface area contributed by atoms with Crippen LogP contribution in [0.25, 0.3) is 0 Å². The number of hydrogen-bond donors (Lipinski definition) is 0. The van der Waals surface area contributed by atoms with Gasteiger partial charge in [0.2, 0.25) is 0 Å². The smallest absolute Gasteiger partial charge is 0.255 e. The van der Waals surface area contributed by atoms with Crippen molar-refractivity contribution < 1.29 is 4.79 Å². The number of aryl methyl sites for hydroxylation is 1. The monoisotopic (exact) mass is 407 g/mol. The molecule has 0 radical (unpaired) electrons. The van der Waals surface area contributed by atoms with Crippen LogP contribution in [0.1, 0.15) is 33.9 Å². The van der Waals surface area contributed by atoms with Crippen LogP contribution in [0.4, 0.5) is 0 Å². The fraction of sp³-hybridized carbons (Fsp3) is 0.235. The summed E-state index contributed by atoms with van der Waals surface area (Å²) in [6.07, 6.45) is 2.04. The maximum atomic E-state index is 12.8. The predicted octanol–water partition coefficient (Wildman–Crippen LogP) is 4.97. The van der Waals surface area contributed by atoms with Crippen LogP contribution in [-0.2, 0) is 6.42 Å². The number of carbonyl (C=O) groups excluding carboxylic acids is 1. The zero-order valence-corrected chi connectivity index (χ0v) is 14.8. The molecular weight excluding hydrogens is 394 g/mol. The number of halogens is 2. The van der Waals surface area contributed by atoms with Crippen molar-refractivity contribution >= 4 is 37.8 Å². The molecule has 2 aromatic carbocycles. The minimum Gasteiger partial charge on any atom is -0.335 e. The van der Waals surface area contributed by atoms with Crippen LogP contribution in [0.15, 0.2) is 51.4 Å². The average molecular weight is 409 g/mol. The Balaban J connectivity index is 1.89. The Morgan fingerprint density at radius 1 is 1.19 bits per heavy atom. The summed E-state index contributed by atoms with van der Waals surface area (Å²) in [6.45, 7) is 0. The molecular formula is C17H15Br2NO. The Hall–Kier alpha value is -1.13. The Labute approximate surface area is 141 Å². The highest BCUT2D eigenvalue weighted by atomic mass is 79.9. The van der Waals surface area contributed by atoms with E-state index in [4.69, 9.17) is 0 Å². The average Bonchev–Trinajstić information content (AvgIpc) is 2.90. The van der Waals surface area contributed by atoms with E-state index in [1.54, 1.807) is 0 Å². The van der Waals surface area contributed by atoms with E-state index in [0.29, 0.717) is 5.56 Å². The second-order valence-electron chi connectivity index (χ2n) is 5.29. The minimum atomic E-state index is 0.0519. The van der Waals surface area contributed by atoms with Crippen molar-refractivity contribution in [1.29, 1.82) is 0 Å². The molecule has 0 spiro atoms. The van der Waals surface area contributed by atoms with Crippen LogP contribution in [0.2, 0.25) is 0 Å². The van der Waals surface area contributed by atoms with E-state index in [1.165, 1.54) is 11.1 Å². The molecule has 108 valence electrons. The second kappa shape index (κ2) is 5.93. The molecule has 1 amide bonds. The zero-order valence-electron chi connectivity index (χ0n) is 11.6. The van der Waals surface area contributed by atoms with Crippen LogP contribution < -0.4 is 0 Å². The SMILES string of the molecule is CN(C(=O)c1ccc(Br)cc1Br)C1CCc2ccccc21. The lowest BCUT2D eigenvalue weighted by molar-refractivity contribution is 0.0729. The molecule has 0 bridgehead atoms. The summed E-state index contributed by atoms with van der Waals surface area (Å²) in [6, 6.07) is 14.2. The Bertz CT molecular complexity index is 699. The Morgan fingerprint density at radius 2 is 1.95 bits per heavy atom. The number of fused-ring (bicyclic) bond motifs is 1. The zero-order chi connectivity index (χ0) is 15.0. The van der Waals surface area contributed by atoms with Gasteiger partial charge in [-0.05, 0) is 58.1 Å². The summed E-state index contributed by atoms with van der Waals surface area (Å²) in [5.41, 5.74) is 3.34. The van der Waals surface area contributed by atoms with Gasteiger partial charge in [-0.2, -0.15) is 0 Å². The van der Waals surface area contributed by atoms with Crippen molar-refractivity contribution in [2.24, 2.45) is 0 Å². The molecule has 0 fully saturated rings. The molecule has 0 aromatic heterocycles. The van der Waals surface area contributed by atoms with Crippen molar-refractivity contribution in [3.8, 4) is 0 Å². The fourth-order valence-corrected chi connectivity index (χ4v) is 4.15. The third-order valence-electron chi connectivity index (χ3n) is 4.05. The summed E-state index contributed by atoms with van der Waals surface area (Å²) in [5, 5.41) is 0. The predicted molar refractivity (Wildman–Crippen MR) is 91.4 cm³/mol. The molecule has 0 aliphatic heterocycles. The molecule has 1 unspecified atom stereocenters. The van der Waals surface area contributed by atoms with E-state index in [2.05, 4.69) is 50.1 Å². The van der Waals surface area contributed by atoms with Crippen LogP contribution in [0, 0.1) is 0 Å². The summed E-state index contributed by atoms with van der Waals surface area (Å²) in [7, 11) is 1.89. The van der Waals surface area contributed by atoms with Crippen LogP contribution in [0.5, 0.6) is 0 Å². The molecule has 3 rings (SSSR count). The van der Waals surface area contributed by atoms with Gasteiger partial charge in [0.15, 0.2) is 0 Å². The van der Waals surface area contributed by atoms with E-state index in [0.717, 1.165) is 21.8 Å². The van der Waals surface area contributed by atoms with Crippen molar-refractivity contribution in [1.82, 2.24) is 4.90 Å². The van der Waals surface area contributed by atoms with Gasteiger partial charge in [-0.1, -0.05) is 40.2 Å². The van der Waals surface area contributed by atoms with Gasteiger partial charge in [0.05, 0.1) is 11.6 Å². The third-order valence-corrected chi connectivity index (χ3v) is 5.20. The first-order chi connectivity index (χ1) is 10.1. The normalized spacial score (nSPS) is 16.6. The van der Waals surface area contributed by atoms with E-state index >= 15 is 0 Å². The summed E-state index contributed by atoms with van der Waals surface area (Å²) in [4.78, 5) is 14.6. The summed E-state index contributed by atoms with van der Waals surface area (Å²) < 4.78 is 1.78. The second-order valence-corrected chi connectivity index (χ2v) is 7.06. The van der Waals surface area contributed by atoms with Crippen LogP contribution in [-0.4, -0.2) is 17.9 Å². The first-order valence-corrected chi connectivity index (χ1v) is 8.46. The molecule has 1 atom stereocenters. The Morgan fingerprint density at radius 3 is 2.71 bits per heavy atom. The van der Waals surface area contributed by atoms with Gasteiger partial charge in [-0.3, -0.25) is 4.79 Å². The Kier molecular flexibility index (Phi) is 4.18. The lowest BCUT2D eigenvalue weighted by Gasteiger charge is -2.26. The quantitative estimate of drug-likeness (QED) is 0.686. The molecule has 0 saturated heterocycles. The number of rotatable bonds is 2. The molecule has 0 N–H and O–H groups in total. The molecule has 1 aliphatic carbocycles. The first kappa shape index (κ1) is 14.8. The van der Waals surface area contributed by atoms with Gasteiger partial charge in [0.1, 0.15) is 0 Å². The summed E-state index contributed by atoms with van der Waals surface area (Å²) in [5.74, 6) is 0.0519. The molecule has 1 aliphatic rings. The molecule has 21 heavy (non-hydrogen) atoms. The molecule has 2 nitrogen and oxygen atoms in total. The van der Waals surface area contributed by atoms with Gasteiger partial charge in [-0.25, -0.2) is 0 Å². The number of carbonyl (C=O) groups is 1. The topological polar surface area (TPSA) is 20.3 Å². The van der Waals surface area contributed by atoms with E-state index in [1.807, 2.05) is 36.2 Å². The molecule has 4 heteroatoms. The lowest BCUT2D eigenvalue weighted by Crippen LogP contribution is -2.30. The number of hydrogen-bond acceptors (Lipinski definition) is 1. The lowest BCUT2D eigenvalue weighted by atomic mass is 10.1.